The fourth-order valence-corrected chi connectivity index (χ4v) is 5.60. The van der Waals surface area contributed by atoms with Gasteiger partial charge in [0, 0.05) is 48.1 Å². The zero-order chi connectivity index (χ0) is 26.4. The van der Waals surface area contributed by atoms with Crippen LogP contribution in [-0.2, 0) is 25.8 Å². The van der Waals surface area contributed by atoms with Crippen LogP contribution >= 0.6 is 0 Å². The largest absolute Gasteiger partial charge is 0.491 e. The van der Waals surface area contributed by atoms with Crippen LogP contribution in [0.4, 0.5) is 5.82 Å². The van der Waals surface area contributed by atoms with Gasteiger partial charge in [-0.2, -0.15) is 0 Å². The van der Waals surface area contributed by atoms with E-state index < -0.39 is 0 Å². The fourth-order valence-electron chi connectivity index (χ4n) is 5.60. The molecular formula is C30H37N7O. The third kappa shape index (κ3) is 4.97. The summed E-state index contributed by atoms with van der Waals surface area (Å²) < 4.78 is 6.23. The lowest BCUT2D eigenvalue weighted by molar-refractivity contribution is 0.310. The third-order valence-electron chi connectivity index (χ3n) is 7.72. The number of H-pyrrole nitrogens is 1. The maximum absolute atomic E-state index is 6.23. The molecule has 4 heterocycles. The number of likely N-dealkylation sites (N-methyl/N-ethyl adjacent to an activating group) is 1. The molecule has 8 nitrogen and oxygen atoms in total. The smallest absolute Gasteiger partial charge is 0.157 e. The number of benzene rings is 1. The number of anilines is 1. The number of aromatic nitrogens is 5. The molecule has 1 aromatic carbocycles. The minimum Gasteiger partial charge on any atom is -0.491 e. The molecule has 8 heteroatoms. The predicted octanol–water partition coefficient (Wildman–Crippen LogP) is 4.74. The predicted molar refractivity (Wildman–Crippen MR) is 151 cm³/mol. The summed E-state index contributed by atoms with van der Waals surface area (Å²) in [7, 11) is 4.20. The van der Waals surface area contributed by atoms with Gasteiger partial charge in [-0.15, -0.1) is 0 Å². The van der Waals surface area contributed by atoms with Crippen molar-refractivity contribution in [2.24, 2.45) is 5.41 Å². The highest BCUT2D eigenvalue weighted by Crippen LogP contribution is 2.39. The second-order valence-electron chi connectivity index (χ2n) is 11.8. The van der Waals surface area contributed by atoms with Gasteiger partial charge in [0.1, 0.15) is 35.3 Å². The number of rotatable bonds is 5. The first-order valence-corrected chi connectivity index (χ1v) is 13.6. The van der Waals surface area contributed by atoms with E-state index in [2.05, 4.69) is 77.0 Å². The summed E-state index contributed by atoms with van der Waals surface area (Å²) in [5, 5.41) is 0. The van der Waals surface area contributed by atoms with Gasteiger partial charge in [-0.25, -0.2) is 19.9 Å². The standard InChI is InChI=1S/C30H37N7O/c1-19-32-25-15-21(17-31-28(25)33-19)20-6-7-26-22(14-20)18-37(12-13-38-26)29-23-16-30(2,3)10-8-24(23)34-27(35-29)9-11-36(4)5/h6-7,14-15,17H,8-13,16,18H2,1-5H3,(H,31,32,33). The minimum absolute atomic E-state index is 0.250. The highest BCUT2D eigenvalue weighted by molar-refractivity contribution is 5.78. The first kappa shape index (κ1) is 24.8. The average molecular weight is 512 g/mol. The molecule has 0 radical (unpaired) electrons. The molecule has 0 bridgehead atoms. The van der Waals surface area contributed by atoms with Gasteiger partial charge >= 0.3 is 0 Å². The summed E-state index contributed by atoms with van der Waals surface area (Å²) in [4.78, 5) is 27.2. The molecule has 0 unspecified atom stereocenters. The van der Waals surface area contributed by atoms with Crippen LogP contribution in [0.25, 0.3) is 22.3 Å². The molecule has 0 saturated heterocycles. The highest BCUT2D eigenvalue weighted by atomic mass is 16.5. The topological polar surface area (TPSA) is 83.1 Å². The number of aryl methyl sites for hydroxylation is 2. The quantitative estimate of drug-likeness (QED) is 0.414. The lowest BCUT2D eigenvalue weighted by Gasteiger charge is -2.34. The Morgan fingerprint density at radius 2 is 1.97 bits per heavy atom. The summed E-state index contributed by atoms with van der Waals surface area (Å²) in [5.41, 5.74) is 7.83. The van der Waals surface area contributed by atoms with Gasteiger partial charge in [0.25, 0.3) is 0 Å². The molecule has 0 saturated carbocycles. The molecule has 1 aliphatic heterocycles. The molecule has 0 amide bonds. The Kier molecular flexibility index (Phi) is 6.30. The molecule has 3 aromatic heterocycles. The Morgan fingerprint density at radius 1 is 1.11 bits per heavy atom. The van der Waals surface area contributed by atoms with Gasteiger partial charge in [0.05, 0.1) is 6.54 Å². The van der Waals surface area contributed by atoms with E-state index in [1.165, 1.54) is 11.3 Å². The lowest BCUT2D eigenvalue weighted by atomic mass is 9.76. The Labute approximate surface area is 224 Å². The van der Waals surface area contributed by atoms with Crippen LogP contribution < -0.4 is 9.64 Å². The van der Waals surface area contributed by atoms with Crippen LogP contribution in [0.1, 0.15) is 48.7 Å². The molecular weight excluding hydrogens is 474 g/mol. The second-order valence-corrected chi connectivity index (χ2v) is 11.8. The Morgan fingerprint density at radius 3 is 2.82 bits per heavy atom. The van der Waals surface area contributed by atoms with Crippen LogP contribution in [0.2, 0.25) is 0 Å². The van der Waals surface area contributed by atoms with Crippen LogP contribution in [0.5, 0.6) is 5.75 Å². The molecule has 2 aliphatic rings. The van der Waals surface area contributed by atoms with Gasteiger partial charge in [0.2, 0.25) is 0 Å². The highest BCUT2D eigenvalue weighted by Gasteiger charge is 2.31. The van der Waals surface area contributed by atoms with E-state index in [0.717, 1.165) is 96.4 Å². The molecule has 1 N–H and O–H groups in total. The van der Waals surface area contributed by atoms with Gasteiger partial charge in [-0.05, 0) is 69.5 Å². The van der Waals surface area contributed by atoms with Crippen LogP contribution in [0.15, 0.2) is 30.5 Å². The number of imidazole rings is 1. The molecule has 4 aromatic rings. The number of hydrogen-bond acceptors (Lipinski definition) is 7. The fraction of sp³-hybridized carbons (Fsp3) is 0.467. The number of ether oxygens (including phenoxy) is 1. The van der Waals surface area contributed by atoms with Crippen LogP contribution in [-0.4, -0.2) is 63.6 Å². The number of hydrogen-bond donors (Lipinski definition) is 1. The number of nitrogens with one attached hydrogen (secondary N) is 1. The first-order valence-electron chi connectivity index (χ1n) is 13.6. The maximum Gasteiger partial charge on any atom is 0.157 e. The van der Waals surface area contributed by atoms with Gasteiger partial charge in [0.15, 0.2) is 5.65 Å². The van der Waals surface area contributed by atoms with E-state index in [1.54, 1.807) is 0 Å². The van der Waals surface area contributed by atoms with Crippen molar-refractivity contribution < 1.29 is 4.74 Å². The van der Waals surface area contributed by atoms with Gasteiger partial charge in [-0.3, -0.25) is 0 Å². The molecule has 0 fully saturated rings. The van der Waals surface area contributed by atoms with Crippen molar-refractivity contribution >= 4 is 17.0 Å². The summed E-state index contributed by atoms with van der Waals surface area (Å²) >= 11 is 0. The monoisotopic (exact) mass is 511 g/mol. The van der Waals surface area contributed by atoms with Crippen molar-refractivity contribution in [1.82, 2.24) is 29.8 Å². The first-order chi connectivity index (χ1) is 18.2. The van der Waals surface area contributed by atoms with Gasteiger partial charge in [-0.1, -0.05) is 19.9 Å². The Hall–Kier alpha value is -3.52. The summed E-state index contributed by atoms with van der Waals surface area (Å²) in [6.45, 7) is 9.78. The average Bonchev–Trinajstić information content (AvgIpc) is 3.12. The molecule has 38 heavy (non-hydrogen) atoms. The van der Waals surface area contributed by atoms with E-state index in [-0.39, 0.29) is 5.41 Å². The zero-order valence-electron chi connectivity index (χ0n) is 23.1. The molecule has 1 aliphatic carbocycles. The van der Waals surface area contributed by atoms with E-state index >= 15 is 0 Å². The SMILES string of the molecule is Cc1nc2cc(-c3ccc4c(c3)CN(c3nc(CCN(C)C)nc5c3CC(C)(C)CC5)CCO4)cnc2[nH]1. The third-order valence-corrected chi connectivity index (χ3v) is 7.72. The van der Waals surface area contributed by atoms with E-state index in [1.807, 2.05) is 13.1 Å². The van der Waals surface area contributed by atoms with Crippen LogP contribution in [0.3, 0.4) is 0 Å². The van der Waals surface area contributed by atoms with Crippen molar-refractivity contribution in [2.45, 2.75) is 53.0 Å². The van der Waals surface area contributed by atoms with Crippen molar-refractivity contribution in [3.05, 3.63) is 58.9 Å². The molecule has 0 spiro atoms. The molecule has 6 rings (SSSR count). The molecule has 198 valence electrons. The van der Waals surface area contributed by atoms with E-state index in [9.17, 15) is 0 Å². The number of fused-ring (bicyclic) bond motifs is 3. The summed E-state index contributed by atoms with van der Waals surface area (Å²) in [6.07, 6.45) is 5.94. The van der Waals surface area contributed by atoms with Crippen molar-refractivity contribution in [2.75, 3.05) is 38.7 Å². The van der Waals surface area contributed by atoms with Gasteiger partial charge < -0.3 is 19.5 Å². The van der Waals surface area contributed by atoms with Crippen molar-refractivity contribution in [3.63, 3.8) is 0 Å². The maximum atomic E-state index is 6.23. The number of pyridine rings is 1. The van der Waals surface area contributed by atoms with E-state index in [0.29, 0.717) is 6.61 Å². The second kappa shape index (κ2) is 9.66. The Bertz CT molecular complexity index is 1490. The van der Waals surface area contributed by atoms with E-state index in [4.69, 9.17) is 14.7 Å². The van der Waals surface area contributed by atoms with Crippen molar-refractivity contribution in [3.8, 4) is 16.9 Å². The molecule has 0 atom stereocenters. The number of nitrogens with zero attached hydrogens (tertiary/aromatic N) is 6. The lowest BCUT2D eigenvalue weighted by Crippen LogP contribution is -2.32. The zero-order valence-corrected chi connectivity index (χ0v) is 23.1. The minimum atomic E-state index is 0.250. The Balaban J connectivity index is 1.36. The van der Waals surface area contributed by atoms with Crippen molar-refractivity contribution in [1.29, 1.82) is 0 Å². The van der Waals surface area contributed by atoms with Crippen LogP contribution in [0, 0.1) is 12.3 Å². The number of aromatic amines is 1. The normalized spacial score (nSPS) is 16.7. The summed E-state index contributed by atoms with van der Waals surface area (Å²) in [6, 6.07) is 8.55. The summed E-state index contributed by atoms with van der Waals surface area (Å²) in [5.74, 6) is 3.85.